The molecule has 0 aliphatic rings. The number of methoxy groups -OCH3 is 1. The van der Waals surface area contributed by atoms with Crippen LogP contribution in [0, 0.1) is 0 Å². The highest BCUT2D eigenvalue weighted by Gasteiger charge is 2.16. The lowest BCUT2D eigenvalue weighted by Gasteiger charge is -2.20. The number of nitrogens with one attached hydrogen (secondary N) is 1. The van der Waals surface area contributed by atoms with Crippen molar-refractivity contribution in [1.82, 2.24) is 4.90 Å². The van der Waals surface area contributed by atoms with E-state index in [2.05, 4.69) is 10.1 Å². The van der Waals surface area contributed by atoms with Gasteiger partial charge in [-0.15, -0.1) is 0 Å². The minimum atomic E-state index is -0.525. The zero-order chi connectivity index (χ0) is 15.8. The van der Waals surface area contributed by atoms with Crippen LogP contribution in [0.25, 0.3) is 0 Å². The first-order chi connectivity index (χ1) is 9.99. The number of carbonyl (C=O) groups excluding carboxylic acids is 3. The van der Waals surface area contributed by atoms with Gasteiger partial charge in [0.1, 0.15) is 0 Å². The molecule has 0 spiro atoms. The Morgan fingerprint density at radius 3 is 2.48 bits per heavy atom. The zero-order valence-corrected chi connectivity index (χ0v) is 12.5. The Hall–Kier alpha value is -2.37. The predicted octanol–water partition coefficient (Wildman–Crippen LogP) is 1.67. The van der Waals surface area contributed by atoms with E-state index in [9.17, 15) is 14.4 Å². The normalized spacial score (nSPS) is 9.86. The molecule has 0 aliphatic carbocycles. The number of esters is 1. The number of hydrogen-bond donors (Lipinski definition) is 1. The summed E-state index contributed by atoms with van der Waals surface area (Å²) in [6.45, 7) is 3.83. The highest BCUT2D eigenvalue weighted by atomic mass is 16.5. The topological polar surface area (TPSA) is 75.7 Å². The van der Waals surface area contributed by atoms with Crippen molar-refractivity contribution in [3.8, 4) is 0 Å². The van der Waals surface area contributed by atoms with E-state index in [1.165, 1.54) is 18.9 Å². The predicted molar refractivity (Wildman–Crippen MR) is 79.0 cm³/mol. The molecular formula is C15H20N2O4. The van der Waals surface area contributed by atoms with Gasteiger partial charge in [-0.1, -0.05) is 19.1 Å². The third kappa shape index (κ3) is 4.91. The van der Waals surface area contributed by atoms with Crippen LogP contribution in [-0.2, 0) is 14.3 Å². The van der Waals surface area contributed by atoms with E-state index >= 15 is 0 Å². The third-order valence-electron chi connectivity index (χ3n) is 2.88. The van der Waals surface area contributed by atoms with Gasteiger partial charge in [0.15, 0.2) is 0 Å². The summed E-state index contributed by atoms with van der Waals surface area (Å²) < 4.78 is 4.66. The molecule has 0 heterocycles. The average molecular weight is 292 g/mol. The van der Waals surface area contributed by atoms with Crippen LogP contribution < -0.4 is 5.32 Å². The molecule has 0 saturated carbocycles. The van der Waals surface area contributed by atoms with Crippen molar-refractivity contribution >= 4 is 23.5 Å². The van der Waals surface area contributed by atoms with Gasteiger partial charge in [-0.05, 0) is 18.6 Å². The highest BCUT2D eigenvalue weighted by molar-refractivity contribution is 6.02. The first-order valence-corrected chi connectivity index (χ1v) is 6.72. The van der Waals surface area contributed by atoms with Crippen molar-refractivity contribution in [1.29, 1.82) is 0 Å². The molecule has 1 aromatic carbocycles. The Labute approximate surface area is 124 Å². The smallest absolute Gasteiger partial charge is 0.339 e. The fourth-order valence-electron chi connectivity index (χ4n) is 1.86. The zero-order valence-electron chi connectivity index (χ0n) is 12.5. The second kappa shape index (κ2) is 8.04. The van der Waals surface area contributed by atoms with Gasteiger partial charge >= 0.3 is 5.97 Å². The molecule has 0 aliphatic heterocycles. The van der Waals surface area contributed by atoms with Crippen LogP contribution in [0.2, 0.25) is 0 Å². The highest BCUT2D eigenvalue weighted by Crippen LogP contribution is 2.16. The fraction of sp³-hybridized carbons (Fsp3) is 0.400. The first kappa shape index (κ1) is 16.7. The molecule has 0 saturated heterocycles. The van der Waals surface area contributed by atoms with Crippen LogP contribution >= 0.6 is 0 Å². The minimum absolute atomic E-state index is 0.0430. The number of ether oxygens (including phenoxy) is 1. The van der Waals surface area contributed by atoms with Crippen molar-refractivity contribution in [3.05, 3.63) is 29.8 Å². The standard InChI is InChI=1S/C15H20N2O4/c1-4-9-17(11(2)18)10-14(19)16-13-8-6-5-7-12(13)15(20)21-3/h5-8H,4,9-10H2,1-3H3,(H,16,19). The maximum atomic E-state index is 12.0. The lowest BCUT2D eigenvalue weighted by Crippen LogP contribution is -2.37. The van der Waals surface area contributed by atoms with E-state index in [0.717, 1.165) is 6.42 Å². The number of amides is 2. The summed E-state index contributed by atoms with van der Waals surface area (Å²) in [5.41, 5.74) is 0.646. The molecule has 21 heavy (non-hydrogen) atoms. The van der Waals surface area contributed by atoms with Crippen LogP contribution in [0.15, 0.2) is 24.3 Å². The van der Waals surface area contributed by atoms with E-state index in [0.29, 0.717) is 12.2 Å². The summed E-state index contributed by atoms with van der Waals surface area (Å²) >= 11 is 0. The Morgan fingerprint density at radius 1 is 1.24 bits per heavy atom. The van der Waals surface area contributed by atoms with E-state index in [1.54, 1.807) is 24.3 Å². The Morgan fingerprint density at radius 2 is 1.90 bits per heavy atom. The number of carbonyl (C=O) groups is 3. The summed E-state index contributed by atoms with van der Waals surface area (Å²) in [6.07, 6.45) is 0.769. The molecule has 0 radical (unpaired) electrons. The van der Waals surface area contributed by atoms with Crippen LogP contribution in [0.5, 0.6) is 0 Å². The third-order valence-corrected chi connectivity index (χ3v) is 2.88. The SMILES string of the molecule is CCCN(CC(=O)Nc1ccccc1C(=O)OC)C(C)=O. The molecule has 1 rings (SSSR count). The van der Waals surface area contributed by atoms with Gasteiger partial charge in [-0.2, -0.15) is 0 Å². The van der Waals surface area contributed by atoms with Crippen LogP contribution in [0.3, 0.4) is 0 Å². The molecule has 1 N–H and O–H groups in total. The molecule has 114 valence electrons. The van der Waals surface area contributed by atoms with E-state index < -0.39 is 5.97 Å². The molecule has 1 aromatic rings. The summed E-state index contributed by atoms with van der Waals surface area (Å²) in [5, 5.41) is 2.64. The molecule has 0 atom stereocenters. The minimum Gasteiger partial charge on any atom is -0.465 e. The summed E-state index contributed by atoms with van der Waals surface area (Å²) in [7, 11) is 1.28. The maximum absolute atomic E-state index is 12.0. The van der Waals surface area contributed by atoms with Gasteiger partial charge < -0.3 is 15.0 Å². The number of benzene rings is 1. The molecule has 0 aromatic heterocycles. The molecular weight excluding hydrogens is 272 g/mol. The van der Waals surface area contributed by atoms with Crippen molar-refractivity contribution in [2.45, 2.75) is 20.3 Å². The lowest BCUT2D eigenvalue weighted by molar-refractivity contribution is -0.132. The Balaban J connectivity index is 2.79. The van der Waals surface area contributed by atoms with Crippen molar-refractivity contribution in [2.24, 2.45) is 0 Å². The summed E-state index contributed by atoms with van der Waals surface area (Å²) in [4.78, 5) is 36.5. The van der Waals surface area contributed by atoms with Gasteiger partial charge in [0, 0.05) is 13.5 Å². The van der Waals surface area contributed by atoms with Gasteiger partial charge in [0.2, 0.25) is 11.8 Å². The largest absolute Gasteiger partial charge is 0.465 e. The Bertz CT molecular complexity index is 528. The van der Waals surface area contributed by atoms with Crippen LogP contribution in [0.1, 0.15) is 30.6 Å². The second-order valence-electron chi connectivity index (χ2n) is 4.53. The maximum Gasteiger partial charge on any atom is 0.339 e. The van der Waals surface area contributed by atoms with Gasteiger partial charge in [0.05, 0.1) is 24.9 Å². The Kier molecular flexibility index (Phi) is 6.39. The van der Waals surface area contributed by atoms with Gasteiger partial charge in [-0.3, -0.25) is 9.59 Å². The van der Waals surface area contributed by atoms with Crippen LogP contribution in [-0.4, -0.2) is 42.9 Å². The van der Waals surface area contributed by atoms with Crippen molar-refractivity contribution in [3.63, 3.8) is 0 Å². The molecule has 6 heteroatoms. The molecule has 2 amide bonds. The second-order valence-corrected chi connectivity index (χ2v) is 4.53. The van der Waals surface area contributed by atoms with Gasteiger partial charge in [0.25, 0.3) is 0 Å². The number of para-hydroxylation sites is 1. The average Bonchev–Trinajstić information content (AvgIpc) is 2.46. The molecule has 0 unspecified atom stereocenters. The van der Waals surface area contributed by atoms with Crippen molar-refractivity contribution in [2.75, 3.05) is 25.5 Å². The number of rotatable bonds is 6. The number of hydrogen-bond acceptors (Lipinski definition) is 4. The summed E-state index contributed by atoms with van der Waals surface area (Å²) in [6, 6.07) is 6.57. The molecule has 0 bridgehead atoms. The fourth-order valence-corrected chi connectivity index (χ4v) is 1.86. The number of anilines is 1. The van der Waals surface area contributed by atoms with E-state index in [1.807, 2.05) is 6.92 Å². The quantitative estimate of drug-likeness (QED) is 0.809. The van der Waals surface area contributed by atoms with Crippen LogP contribution in [0.4, 0.5) is 5.69 Å². The van der Waals surface area contributed by atoms with Gasteiger partial charge in [-0.25, -0.2) is 4.79 Å². The van der Waals surface area contributed by atoms with E-state index in [-0.39, 0.29) is 23.9 Å². The molecule has 6 nitrogen and oxygen atoms in total. The summed E-state index contributed by atoms with van der Waals surface area (Å²) in [5.74, 6) is -1.04. The molecule has 0 fully saturated rings. The monoisotopic (exact) mass is 292 g/mol. The van der Waals surface area contributed by atoms with Crippen molar-refractivity contribution < 1.29 is 19.1 Å². The number of nitrogens with zero attached hydrogens (tertiary/aromatic N) is 1. The first-order valence-electron chi connectivity index (χ1n) is 6.72. The van der Waals surface area contributed by atoms with E-state index in [4.69, 9.17) is 0 Å². The lowest BCUT2D eigenvalue weighted by atomic mass is 10.2.